The van der Waals surface area contributed by atoms with Crippen LogP contribution in [0.3, 0.4) is 0 Å². The number of rotatable bonds is 2. The summed E-state index contributed by atoms with van der Waals surface area (Å²) in [5.74, 6) is 5.35. The van der Waals surface area contributed by atoms with Crippen LogP contribution >= 0.6 is 0 Å². The molecule has 12 atom stereocenters. The molecule has 8 saturated carbocycles. The van der Waals surface area contributed by atoms with E-state index in [1.165, 1.54) is 38.5 Å². The maximum absolute atomic E-state index is 13.6. The fraction of sp³-hybridized carbons (Fsp3) is 0.909. The summed E-state index contributed by atoms with van der Waals surface area (Å²) in [4.78, 5) is 27.2. The van der Waals surface area contributed by atoms with Crippen molar-refractivity contribution in [1.29, 1.82) is 0 Å². The number of hydrogen-bond acceptors (Lipinski definition) is 4. The second-order valence-electron chi connectivity index (χ2n) is 10.5. The highest BCUT2D eigenvalue weighted by Gasteiger charge is 3.00. The molecule has 0 N–H and O–H groups in total. The molecule has 26 heavy (non-hydrogen) atoms. The Morgan fingerprint density at radius 2 is 0.962 bits per heavy atom. The van der Waals surface area contributed by atoms with Gasteiger partial charge in [0.05, 0.1) is 25.0 Å². The van der Waals surface area contributed by atoms with Crippen LogP contribution in [0.5, 0.6) is 0 Å². The van der Waals surface area contributed by atoms with E-state index in [2.05, 4.69) is 0 Å². The van der Waals surface area contributed by atoms with Crippen LogP contribution in [0, 0.1) is 70.0 Å². The van der Waals surface area contributed by atoms with Gasteiger partial charge in [-0.2, -0.15) is 0 Å². The molecule has 4 heteroatoms. The van der Waals surface area contributed by atoms with Crippen LogP contribution in [0.15, 0.2) is 0 Å². The molecule has 4 unspecified atom stereocenters. The molecule has 8 aliphatic carbocycles. The summed E-state index contributed by atoms with van der Waals surface area (Å²) in [6, 6.07) is 0. The van der Waals surface area contributed by atoms with E-state index in [4.69, 9.17) is 9.47 Å². The van der Waals surface area contributed by atoms with Crippen molar-refractivity contribution in [1.82, 2.24) is 0 Å². The largest absolute Gasteiger partial charge is 0.469 e. The lowest BCUT2D eigenvalue weighted by atomic mass is 9.43. The molecule has 0 aromatic heterocycles. The van der Waals surface area contributed by atoms with Crippen LogP contribution in [0.4, 0.5) is 0 Å². The average Bonchev–Trinajstić information content (AvgIpc) is 3.44. The predicted octanol–water partition coefficient (Wildman–Crippen LogP) is 2.90. The van der Waals surface area contributed by atoms with Crippen molar-refractivity contribution in [2.75, 3.05) is 14.2 Å². The molecule has 0 aromatic rings. The van der Waals surface area contributed by atoms with E-state index in [1.807, 2.05) is 0 Å². The first-order valence-corrected chi connectivity index (χ1v) is 10.8. The summed E-state index contributed by atoms with van der Waals surface area (Å²) in [5.41, 5.74) is -1.09. The SMILES string of the molecule is COC(=O)C12[C@@H]3C4C5[C@@H]1[C@@H]1CCC[C@@H]1[C@H]5C2(C(=O)OC)[C@H]4[C@H]1CCC[C@H]13. The number of methoxy groups -OCH3 is 2. The second kappa shape index (κ2) is 4.17. The first kappa shape index (κ1) is 14.9. The lowest BCUT2D eigenvalue weighted by Crippen LogP contribution is -2.65. The van der Waals surface area contributed by atoms with Gasteiger partial charge in [-0.3, -0.25) is 9.59 Å². The summed E-state index contributed by atoms with van der Waals surface area (Å²) in [7, 11) is 3.09. The summed E-state index contributed by atoms with van der Waals surface area (Å²) in [6.45, 7) is 0. The van der Waals surface area contributed by atoms with E-state index >= 15 is 0 Å². The minimum absolute atomic E-state index is 0.0499. The average molecular weight is 356 g/mol. The molecule has 0 aromatic carbocycles. The van der Waals surface area contributed by atoms with Crippen molar-refractivity contribution in [2.24, 2.45) is 70.0 Å². The third-order valence-corrected chi connectivity index (χ3v) is 11.0. The van der Waals surface area contributed by atoms with E-state index < -0.39 is 10.8 Å². The summed E-state index contributed by atoms with van der Waals surface area (Å²) < 4.78 is 11.1. The summed E-state index contributed by atoms with van der Waals surface area (Å²) >= 11 is 0. The molecule has 140 valence electrons. The van der Waals surface area contributed by atoms with Gasteiger partial charge in [-0.25, -0.2) is 0 Å². The zero-order valence-corrected chi connectivity index (χ0v) is 15.6. The van der Waals surface area contributed by atoms with Gasteiger partial charge >= 0.3 is 11.9 Å². The van der Waals surface area contributed by atoms with Crippen LogP contribution in [-0.4, -0.2) is 26.2 Å². The zero-order chi connectivity index (χ0) is 17.6. The number of carbonyl (C=O) groups excluding carboxylic acids is 2. The fourth-order valence-electron chi connectivity index (χ4n) is 11.7. The highest BCUT2D eigenvalue weighted by Crippen LogP contribution is 2.97. The van der Waals surface area contributed by atoms with Gasteiger partial charge < -0.3 is 9.47 Å². The number of fused-ring (bicyclic) bond motifs is 2. The summed E-state index contributed by atoms with van der Waals surface area (Å²) in [6.07, 6.45) is 7.59. The topological polar surface area (TPSA) is 52.6 Å². The van der Waals surface area contributed by atoms with E-state index in [-0.39, 0.29) is 11.9 Å². The highest BCUT2D eigenvalue weighted by molar-refractivity contribution is 5.94. The van der Waals surface area contributed by atoms with Crippen molar-refractivity contribution in [2.45, 2.75) is 38.5 Å². The third kappa shape index (κ3) is 1.02. The van der Waals surface area contributed by atoms with Crippen LogP contribution in [0.2, 0.25) is 0 Å². The van der Waals surface area contributed by atoms with Gasteiger partial charge in [0.15, 0.2) is 0 Å². The first-order chi connectivity index (χ1) is 12.7. The van der Waals surface area contributed by atoms with Crippen LogP contribution in [-0.2, 0) is 19.1 Å². The Bertz CT molecular complexity index is 644. The minimum Gasteiger partial charge on any atom is -0.469 e. The second-order valence-corrected chi connectivity index (χ2v) is 10.5. The minimum atomic E-state index is -0.545. The Labute approximate surface area is 154 Å². The molecule has 8 bridgehead atoms. The van der Waals surface area contributed by atoms with E-state index in [1.54, 1.807) is 14.2 Å². The molecule has 0 amide bonds. The van der Waals surface area contributed by atoms with Crippen LogP contribution in [0.25, 0.3) is 0 Å². The lowest BCUT2D eigenvalue weighted by Gasteiger charge is -2.57. The molecule has 0 radical (unpaired) electrons. The highest BCUT2D eigenvalue weighted by atomic mass is 16.5. The zero-order valence-electron chi connectivity index (χ0n) is 15.6. The first-order valence-electron chi connectivity index (χ1n) is 10.8. The van der Waals surface area contributed by atoms with Gasteiger partial charge in [-0.15, -0.1) is 0 Å². The molecule has 0 aliphatic heterocycles. The summed E-state index contributed by atoms with van der Waals surface area (Å²) in [5, 5.41) is 0. The Hall–Kier alpha value is -1.06. The standard InChI is InChI=1S/C22H28O4/c1-25-19(23)21-15-9-5-3-7-11(9)17-13(15)14-16(21)10-6-4-8-12(10)18(14)22(17,21)20(24)26-2/h9-18H,3-8H2,1-2H3/t9-,10-,11+,12+,13?,14?,15-,16+,17-,18-,21?,22?/m0/s1. The molecule has 4 nitrogen and oxygen atoms in total. The number of carbonyl (C=O) groups is 2. The van der Waals surface area contributed by atoms with Gasteiger partial charge in [0.25, 0.3) is 0 Å². The van der Waals surface area contributed by atoms with Crippen molar-refractivity contribution in [3.05, 3.63) is 0 Å². The normalized spacial score (nSPS) is 64.2. The van der Waals surface area contributed by atoms with Gasteiger partial charge in [0.1, 0.15) is 0 Å². The Kier molecular flexibility index (Phi) is 2.40. The van der Waals surface area contributed by atoms with Gasteiger partial charge in [0, 0.05) is 0 Å². The van der Waals surface area contributed by atoms with Crippen LogP contribution < -0.4 is 0 Å². The van der Waals surface area contributed by atoms with Gasteiger partial charge in [0.2, 0.25) is 0 Å². The smallest absolute Gasteiger partial charge is 0.313 e. The maximum atomic E-state index is 13.6. The van der Waals surface area contributed by atoms with E-state index in [9.17, 15) is 9.59 Å². The number of hydrogen-bond donors (Lipinski definition) is 0. The van der Waals surface area contributed by atoms with Gasteiger partial charge in [-0.1, -0.05) is 12.8 Å². The molecule has 8 fully saturated rings. The third-order valence-electron chi connectivity index (χ3n) is 11.0. The van der Waals surface area contributed by atoms with E-state index in [0.29, 0.717) is 59.2 Å². The quantitative estimate of drug-likeness (QED) is 0.714. The predicted molar refractivity (Wildman–Crippen MR) is 91.5 cm³/mol. The molecule has 8 aliphatic rings. The lowest BCUT2D eigenvalue weighted by molar-refractivity contribution is -0.208. The Morgan fingerprint density at radius 3 is 1.23 bits per heavy atom. The number of esters is 2. The monoisotopic (exact) mass is 356 g/mol. The fourth-order valence-corrected chi connectivity index (χ4v) is 11.7. The molecule has 0 saturated heterocycles. The molecule has 8 rings (SSSR count). The van der Waals surface area contributed by atoms with Crippen molar-refractivity contribution in [3.8, 4) is 0 Å². The van der Waals surface area contributed by atoms with Crippen LogP contribution in [0.1, 0.15) is 38.5 Å². The van der Waals surface area contributed by atoms with Crippen molar-refractivity contribution in [3.63, 3.8) is 0 Å². The molecule has 0 heterocycles. The van der Waals surface area contributed by atoms with E-state index in [0.717, 1.165) is 0 Å². The van der Waals surface area contributed by atoms with Crippen molar-refractivity contribution < 1.29 is 19.1 Å². The molecular formula is C22H28O4. The van der Waals surface area contributed by atoms with Gasteiger partial charge in [-0.05, 0) is 84.9 Å². The Morgan fingerprint density at radius 1 is 0.654 bits per heavy atom. The Balaban J connectivity index is 1.54. The molecule has 0 spiro atoms. The maximum Gasteiger partial charge on any atom is 0.313 e. The number of ether oxygens (including phenoxy) is 2. The van der Waals surface area contributed by atoms with Crippen molar-refractivity contribution >= 4 is 11.9 Å². The molecular weight excluding hydrogens is 328 g/mol.